The molecule has 0 fully saturated rings. The predicted octanol–water partition coefficient (Wildman–Crippen LogP) is 2.71. The van der Waals surface area contributed by atoms with Gasteiger partial charge in [-0.15, -0.1) is 11.8 Å². The fraction of sp³-hybridized carbons (Fsp3) is 0.667. The van der Waals surface area contributed by atoms with Gasteiger partial charge in [0.25, 0.3) is 0 Å². The zero-order valence-corrected chi connectivity index (χ0v) is 12.0. The summed E-state index contributed by atoms with van der Waals surface area (Å²) in [6.45, 7) is 6.94. The lowest BCUT2D eigenvalue weighted by molar-refractivity contribution is 0.0694. The molecule has 0 amide bonds. The number of carboxylic acids is 1. The van der Waals surface area contributed by atoms with Crippen LogP contribution in [0.5, 0.6) is 0 Å². The fourth-order valence-electron chi connectivity index (χ4n) is 1.50. The van der Waals surface area contributed by atoms with Crippen LogP contribution in [0.25, 0.3) is 0 Å². The van der Waals surface area contributed by atoms with Gasteiger partial charge < -0.3 is 10.8 Å². The largest absolute Gasteiger partial charge is 0.477 e. The van der Waals surface area contributed by atoms with Crippen LogP contribution in [0.3, 0.4) is 0 Å². The third-order valence-electron chi connectivity index (χ3n) is 2.53. The number of aromatic nitrogens is 2. The number of carbonyl (C=O) groups is 1. The Labute approximate surface area is 112 Å². The van der Waals surface area contributed by atoms with Crippen LogP contribution >= 0.6 is 11.8 Å². The van der Waals surface area contributed by atoms with E-state index in [4.69, 9.17) is 5.73 Å². The van der Waals surface area contributed by atoms with Crippen molar-refractivity contribution in [2.75, 3.05) is 11.5 Å². The molecular weight excluding hydrogens is 250 g/mol. The number of aromatic carboxylic acids is 1. The van der Waals surface area contributed by atoms with Gasteiger partial charge in [-0.2, -0.15) is 5.10 Å². The molecule has 1 heterocycles. The highest BCUT2D eigenvalue weighted by Gasteiger charge is 2.21. The molecule has 102 valence electrons. The number of anilines is 1. The Bertz CT molecular complexity index is 416. The first-order chi connectivity index (χ1) is 8.47. The second kappa shape index (κ2) is 6.68. The molecule has 0 saturated heterocycles. The molecule has 0 aliphatic rings. The van der Waals surface area contributed by atoms with Gasteiger partial charge in [-0.1, -0.05) is 20.8 Å². The average molecular weight is 271 g/mol. The van der Waals surface area contributed by atoms with E-state index in [2.05, 4.69) is 18.9 Å². The average Bonchev–Trinajstić information content (AvgIpc) is 2.60. The van der Waals surface area contributed by atoms with Crippen LogP contribution in [0.2, 0.25) is 0 Å². The van der Waals surface area contributed by atoms with Gasteiger partial charge in [-0.25, -0.2) is 9.48 Å². The van der Waals surface area contributed by atoms with Gasteiger partial charge in [0.2, 0.25) is 0 Å². The molecular formula is C12H21N3O2S. The van der Waals surface area contributed by atoms with Crippen molar-refractivity contribution in [3.8, 4) is 0 Å². The molecule has 5 nitrogen and oxygen atoms in total. The molecule has 1 rings (SSSR count). The molecule has 1 aromatic rings. The van der Waals surface area contributed by atoms with Crippen molar-refractivity contribution in [3.63, 3.8) is 0 Å². The highest BCUT2D eigenvalue weighted by Crippen LogP contribution is 2.27. The summed E-state index contributed by atoms with van der Waals surface area (Å²) in [7, 11) is 0. The van der Waals surface area contributed by atoms with E-state index < -0.39 is 5.97 Å². The van der Waals surface area contributed by atoms with Gasteiger partial charge in [-0.05, 0) is 24.5 Å². The van der Waals surface area contributed by atoms with E-state index in [0.29, 0.717) is 17.5 Å². The summed E-state index contributed by atoms with van der Waals surface area (Å²) >= 11 is 1.45. The molecule has 6 heteroatoms. The standard InChI is InChI=1S/C12H21N3O2S/c1-4-7-18-11-9(12(16)17)10(13)15(14-11)6-5-8(2)3/h8H,4-7,13H2,1-3H3,(H,16,17). The van der Waals surface area contributed by atoms with Gasteiger partial charge in [0, 0.05) is 6.54 Å². The molecule has 0 saturated carbocycles. The number of nitrogen functional groups attached to an aromatic ring is 1. The summed E-state index contributed by atoms with van der Waals surface area (Å²) in [5.41, 5.74) is 6.02. The van der Waals surface area contributed by atoms with Crippen LogP contribution in [0, 0.1) is 5.92 Å². The minimum absolute atomic E-state index is 0.150. The number of hydrogen-bond donors (Lipinski definition) is 2. The topological polar surface area (TPSA) is 81.1 Å². The van der Waals surface area contributed by atoms with E-state index in [1.807, 2.05) is 6.92 Å². The molecule has 0 spiro atoms. The van der Waals surface area contributed by atoms with Crippen molar-refractivity contribution in [2.45, 2.75) is 45.2 Å². The van der Waals surface area contributed by atoms with Gasteiger partial charge in [0.1, 0.15) is 16.4 Å². The van der Waals surface area contributed by atoms with Crippen LogP contribution in [-0.4, -0.2) is 26.6 Å². The van der Waals surface area contributed by atoms with Crippen molar-refractivity contribution in [1.29, 1.82) is 0 Å². The highest BCUT2D eigenvalue weighted by atomic mass is 32.2. The van der Waals surface area contributed by atoms with Gasteiger partial charge in [-0.3, -0.25) is 0 Å². The van der Waals surface area contributed by atoms with Crippen LogP contribution < -0.4 is 5.73 Å². The first-order valence-electron chi connectivity index (χ1n) is 6.19. The molecule has 0 aromatic carbocycles. The van der Waals surface area contributed by atoms with E-state index in [1.54, 1.807) is 4.68 Å². The second-order valence-electron chi connectivity index (χ2n) is 4.62. The smallest absolute Gasteiger partial charge is 0.342 e. The fourth-order valence-corrected chi connectivity index (χ4v) is 2.39. The van der Waals surface area contributed by atoms with Crippen molar-refractivity contribution >= 4 is 23.5 Å². The minimum atomic E-state index is -0.998. The number of rotatable bonds is 7. The predicted molar refractivity (Wildman–Crippen MR) is 74.1 cm³/mol. The van der Waals surface area contributed by atoms with Gasteiger partial charge in [0.15, 0.2) is 0 Å². The molecule has 3 N–H and O–H groups in total. The lowest BCUT2D eigenvalue weighted by atomic mass is 10.1. The third-order valence-corrected chi connectivity index (χ3v) is 3.71. The maximum Gasteiger partial charge on any atom is 0.342 e. The quantitative estimate of drug-likeness (QED) is 0.745. The zero-order valence-electron chi connectivity index (χ0n) is 11.1. The van der Waals surface area contributed by atoms with Crippen LogP contribution in [0.15, 0.2) is 5.03 Å². The van der Waals surface area contributed by atoms with E-state index in [-0.39, 0.29) is 11.4 Å². The minimum Gasteiger partial charge on any atom is -0.477 e. The van der Waals surface area contributed by atoms with Crippen LogP contribution in [-0.2, 0) is 6.54 Å². The molecule has 0 aliphatic heterocycles. The van der Waals surface area contributed by atoms with E-state index in [1.165, 1.54) is 11.8 Å². The summed E-state index contributed by atoms with van der Waals surface area (Å²) in [6, 6.07) is 0. The summed E-state index contributed by atoms with van der Waals surface area (Å²) in [5, 5.41) is 14.0. The molecule has 0 unspecified atom stereocenters. The molecule has 18 heavy (non-hydrogen) atoms. The number of nitrogens with two attached hydrogens (primary N) is 1. The van der Waals surface area contributed by atoms with Gasteiger partial charge >= 0.3 is 5.97 Å². The molecule has 0 radical (unpaired) electrons. The van der Waals surface area contributed by atoms with Gasteiger partial charge in [0.05, 0.1) is 0 Å². The van der Waals surface area contributed by atoms with Crippen molar-refractivity contribution in [1.82, 2.24) is 9.78 Å². The van der Waals surface area contributed by atoms with Crippen molar-refractivity contribution < 1.29 is 9.90 Å². The van der Waals surface area contributed by atoms with Crippen LogP contribution in [0.1, 0.15) is 44.0 Å². The Morgan fingerprint density at radius 2 is 2.22 bits per heavy atom. The Hall–Kier alpha value is -1.17. The Kier molecular flexibility index (Phi) is 5.53. The number of hydrogen-bond acceptors (Lipinski definition) is 4. The van der Waals surface area contributed by atoms with Crippen molar-refractivity contribution in [3.05, 3.63) is 5.56 Å². The Morgan fingerprint density at radius 3 is 2.72 bits per heavy atom. The second-order valence-corrected chi connectivity index (χ2v) is 5.71. The number of nitrogens with zero attached hydrogens (tertiary/aromatic N) is 2. The zero-order chi connectivity index (χ0) is 13.7. The number of carboxylic acid groups (broad SMARTS) is 1. The molecule has 0 bridgehead atoms. The monoisotopic (exact) mass is 271 g/mol. The molecule has 1 aromatic heterocycles. The maximum absolute atomic E-state index is 11.2. The van der Waals surface area contributed by atoms with Crippen LogP contribution in [0.4, 0.5) is 5.82 Å². The number of aryl methyl sites for hydroxylation is 1. The SMILES string of the molecule is CCCSc1nn(CCC(C)C)c(N)c1C(=O)O. The molecule has 0 atom stereocenters. The normalized spacial score (nSPS) is 11.1. The first-order valence-corrected chi connectivity index (χ1v) is 7.18. The summed E-state index contributed by atoms with van der Waals surface area (Å²) in [6.07, 6.45) is 1.91. The lowest BCUT2D eigenvalue weighted by Crippen LogP contribution is -2.09. The van der Waals surface area contributed by atoms with E-state index >= 15 is 0 Å². The summed E-state index contributed by atoms with van der Waals surface area (Å²) < 4.78 is 1.61. The summed E-state index contributed by atoms with van der Waals surface area (Å²) in [4.78, 5) is 11.2. The number of thioether (sulfide) groups is 1. The first kappa shape index (κ1) is 14.9. The lowest BCUT2D eigenvalue weighted by Gasteiger charge is -2.06. The van der Waals surface area contributed by atoms with E-state index in [0.717, 1.165) is 18.6 Å². The van der Waals surface area contributed by atoms with E-state index in [9.17, 15) is 9.90 Å². The Morgan fingerprint density at radius 1 is 1.56 bits per heavy atom. The highest BCUT2D eigenvalue weighted by molar-refractivity contribution is 7.99. The summed E-state index contributed by atoms with van der Waals surface area (Å²) in [5.74, 6) is 0.651. The maximum atomic E-state index is 11.2. The third kappa shape index (κ3) is 3.66. The van der Waals surface area contributed by atoms with Crippen molar-refractivity contribution in [2.24, 2.45) is 5.92 Å². The Balaban J connectivity index is 2.95. The molecule has 0 aliphatic carbocycles.